The summed E-state index contributed by atoms with van der Waals surface area (Å²) in [5, 5.41) is 18.4. The molecule has 108 valence electrons. The number of amides is 2. The summed E-state index contributed by atoms with van der Waals surface area (Å²) in [6, 6.07) is 6.38. The SMILES string of the molecule is CC(C)CC(C(=O)O)N(C(=O)O)C(=O)c1ccccc1. The molecule has 1 atom stereocenters. The van der Waals surface area contributed by atoms with Gasteiger partial charge < -0.3 is 10.2 Å². The number of rotatable bonds is 5. The second kappa shape index (κ2) is 6.70. The van der Waals surface area contributed by atoms with E-state index < -0.39 is 24.0 Å². The van der Waals surface area contributed by atoms with Gasteiger partial charge in [-0.05, 0) is 24.5 Å². The summed E-state index contributed by atoms with van der Waals surface area (Å²) in [6.07, 6.45) is -1.49. The molecular formula is C14H17NO5. The Balaban J connectivity index is 3.12. The maximum Gasteiger partial charge on any atom is 0.415 e. The zero-order valence-electron chi connectivity index (χ0n) is 11.3. The first-order valence-corrected chi connectivity index (χ1v) is 6.19. The van der Waals surface area contributed by atoms with Crippen LogP contribution in [0.15, 0.2) is 30.3 Å². The molecule has 1 rings (SSSR count). The summed E-state index contributed by atoms with van der Waals surface area (Å²) < 4.78 is 0. The number of hydrogen-bond donors (Lipinski definition) is 2. The van der Waals surface area contributed by atoms with E-state index in [9.17, 15) is 24.6 Å². The molecule has 20 heavy (non-hydrogen) atoms. The average Bonchev–Trinajstić information content (AvgIpc) is 2.37. The van der Waals surface area contributed by atoms with Crippen LogP contribution in [0.4, 0.5) is 4.79 Å². The van der Waals surface area contributed by atoms with Crippen LogP contribution >= 0.6 is 0 Å². The molecule has 1 aromatic rings. The number of hydrogen-bond acceptors (Lipinski definition) is 3. The maximum atomic E-state index is 12.2. The highest BCUT2D eigenvalue weighted by atomic mass is 16.4. The molecule has 1 aromatic carbocycles. The molecule has 0 aromatic heterocycles. The first-order valence-electron chi connectivity index (χ1n) is 6.19. The van der Waals surface area contributed by atoms with E-state index in [2.05, 4.69) is 0 Å². The Labute approximate surface area is 116 Å². The highest BCUT2D eigenvalue weighted by Crippen LogP contribution is 2.16. The van der Waals surface area contributed by atoms with Crippen molar-refractivity contribution < 1.29 is 24.6 Å². The van der Waals surface area contributed by atoms with Crippen molar-refractivity contribution in [3.63, 3.8) is 0 Å². The second-order valence-electron chi connectivity index (χ2n) is 4.81. The Morgan fingerprint density at radius 3 is 2.05 bits per heavy atom. The molecule has 1 unspecified atom stereocenters. The first-order chi connectivity index (χ1) is 9.34. The average molecular weight is 279 g/mol. The van der Waals surface area contributed by atoms with E-state index in [0.29, 0.717) is 4.90 Å². The normalized spacial score (nSPS) is 11.9. The molecule has 2 N–H and O–H groups in total. The predicted octanol–water partition coefficient (Wildman–Crippen LogP) is 2.31. The molecule has 0 aliphatic heterocycles. The van der Waals surface area contributed by atoms with Crippen molar-refractivity contribution in [2.45, 2.75) is 26.3 Å². The van der Waals surface area contributed by atoms with Crippen molar-refractivity contribution in [2.24, 2.45) is 5.92 Å². The lowest BCUT2D eigenvalue weighted by molar-refractivity contribution is -0.142. The van der Waals surface area contributed by atoms with Gasteiger partial charge in [0, 0.05) is 5.56 Å². The Bertz CT molecular complexity index is 498. The van der Waals surface area contributed by atoms with Crippen molar-refractivity contribution in [2.75, 3.05) is 0 Å². The highest BCUT2D eigenvalue weighted by molar-refractivity contribution is 6.05. The molecule has 2 amide bonds. The fourth-order valence-corrected chi connectivity index (χ4v) is 1.84. The molecule has 0 fully saturated rings. The molecule has 0 bridgehead atoms. The zero-order valence-corrected chi connectivity index (χ0v) is 11.3. The largest absolute Gasteiger partial charge is 0.480 e. The summed E-state index contributed by atoms with van der Waals surface area (Å²) in [5.41, 5.74) is 0.143. The third kappa shape index (κ3) is 3.81. The van der Waals surface area contributed by atoms with Gasteiger partial charge in [0.2, 0.25) is 0 Å². The second-order valence-corrected chi connectivity index (χ2v) is 4.81. The first kappa shape index (κ1) is 15.7. The Morgan fingerprint density at radius 2 is 1.65 bits per heavy atom. The van der Waals surface area contributed by atoms with E-state index in [-0.39, 0.29) is 17.9 Å². The van der Waals surface area contributed by atoms with Gasteiger partial charge >= 0.3 is 12.1 Å². The van der Waals surface area contributed by atoms with Crippen LogP contribution in [-0.4, -0.2) is 39.1 Å². The molecular weight excluding hydrogens is 262 g/mol. The molecule has 6 nitrogen and oxygen atoms in total. The molecule has 0 saturated carbocycles. The lowest BCUT2D eigenvalue weighted by Gasteiger charge is -2.25. The number of nitrogens with zero attached hydrogens (tertiary/aromatic N) is 1. The summed E-state index contributed by atoms with van der Waals surface area (Å²) in [5.74, 6) is -2.21. The number of imide groups is 1. The third-order valence-electron chi connectivity index (χ3n) is 2.74. The lowest BCUT2D eigenvalue weighted by Crippen LogP contribution is -2.48. The quantitative estimate of drug-likeness (QED) is 0.862. The molecule has 0 aliphatic rings. The van der Waals surface area contributed by atoms with Crippen LogP contribution in [0.2, 0.25) is 0 Å². The highest BCUT2D eigenvalue weighted by Gasteiger charge is 2.35. The van der Waals surface area contributed by atoms with Gasteiger partial charge in [-0.1, -0.05) is 32.0 Å². The van der Waals surface area contributed by atoms with Gasteiger partial charge in [-0.25, -0.2) is 14.5 Å². The third-order valence-corrected chi connectivity index (χ3v) is 2.74. The van der Waals surface area contributed by atoms with Gasteiger partial charge in [0.25, 0.3) is 5.91 Å². The lowest BCUT2D eigenvalue weighted by atomic mass is 10.0. The molecule has 0 saturated heterocycles. The summed E-state index contributed by atoms with van der Waals surface area (Å²) in [6.45, 7) is 3.53. The van der Waals surface area contributed by atoms with Crippen LogP contribution in [-0.2, 0) is 4.79 Å². The fourth-order valence-electron chi connectivity index (χ4n) is 1.84. The number of carboxylic acid groups (broad SMARTS) is 2. The minimum atomic E-state index is -1.56. The zero-order chi connectivity index (χ0) is 15.3. The molecule has 0 spiro atoms. The number of benzene rings is 1. The molecule has 6 heteroatoms. The standard InChI is InChI=1S/C14H17NO5/c1-9(2)8-11(13(17)18)15(14(19)20)12(16)10-6-4-3-5-7-10/h3-7,9,11H,8H2,1-2H3,(H,17,18)(H,19,20). The van der Waals surface area contributed by atoms with Crippen molar-refractivity contribution in [3.8, 4) is 0 Å². The van der Waals surface area contributed by atoms with Crippen molar-refractivity contribution in [1.29, 1.82) is 0 Å². The minimum Gasteiger partial charge on any atom is -0.480 e. The Kier molecular flexibility index (Phi) is 5.25. The molecule has 0 radical (unpaired) electrons. The van der Waals surface area contributed by atoms with Gasteiger partial charge in [0.1, 0.15) is 6.04 Å². The van der Waals surface area contributed by atoms with Gasteiger partial charge in [0.15, 0.2) is 0 Å². The van der Waals surface area contributed by atoms with Crippen LogP contribution < -0.4 is 0 Å². The Morgan fingerprint density at radius 1 is 1.10 bits per heavy atom. The number of carbonyl (C=O) groups is 3. The minimum absolute atomic E-state index is 0.0541. The summed E-state index contributed by atoms with van der Waals surface area (Å²) in [4.78, 5) is 35.1. The van der Waals surface area contributed by atoms with Gasteiger partial charge in [-0.2, -0.15) is 0 Å². The number of carboxylic acids is 1. The van der Waals surface area contributed by atoms with Crippen molar-refractivity contribution in [1.82, 2.24) is 4.90 Å². The predicted molar refractivity (Wildman–Crippen MR) is 71.5 cm³/mol. The van der Waals surface area contributed by atoms with Crippen molar-refractivity contribution >= 4 is 18.0 Å². The molecule has 0 heterocycles. The fraction of sp³-hybridized carbons (Fsp3) is 0.357. The van der Waals surface area contributed by atoms with E-state index in [1.165, 1.54) is 12.1 Å². The smallest absolute Gasteiger partial charge is 0.415 e. The topological polar surface area (TPSA) is 94.9 Å². The Hall–Kier alpha value is -2.37. The van der Waals surface area contributed by atoms with Gasteiger partial charge in [-0.15, -0.1) is 0 Å². The number of carbonyl (C=O) groups excluding carboxylic acids is 1. The summed E-state index contributed by atoms with van der Waals surface area (Å²) in [7, 11) is 0. The van der Waals surface area contributed by atoms with Crippen LogP contribution in [0.3, 0.4) is 0 Å². The van der Waals surface area contributed by atoms with E-state index >= 15 is 0 Å². The van der Waals surface area contributed by atoms with Crippen LogP contribution in [0.1, 0.15) is 30.6 Å². The van der Waals surface area contributed by atoms with Crippen LogP contribution in [0, 0.1) is 5.92 Å². The van der Waals surface area contributed by atoms with Gasteiger partial charge in [0.05, 0.1) is 0 Å². The van der Waals surface area contributed by atoms with E-state index in [1.807, 2.05) is 0 Å². The van der Waals surface area contributed by atoms with Crippen LogP contribution in [0.5, 0.6) is 0 Å². The number of aliphatic carboxylic acids is 1. The van der Waals surface area contributed by atoms with Crippen LogP contribution in [0.25, 0.3) is 0 Å². The molecule has 0 aliphatic carbocycles. The maximum absolute atomic E-state index is 12.2. The summed E-state index contributed by atoms with van der Waals surface area (Å²) >= 11 is 0. The van der Waals surface area contributed by atoms with E-state index in [4.69, 9.17) is 0 Å². The van der Waals surface area contributed by atoms with E-state index in [0.717, 1.165) is 0 Å². The van der Waals surface area contributed by atoms with Crippen molar-refractivity contribution in [3.05, 3.63) is 35.9 Å². The monoisotopic (exact) mass is 279 g/mol. The van der Waals surface area contributed by atoms with E-state index in [1.54, 1.807) is 32.0 Å². The van der Waals surface area contributed by atoms with Gasteiger partial charge in [-0.3, -0.25) is 4.79 Å².